The van der Waals surface area contributed by atoms with Crippen LogP contribution in [0.25, 0.3) is 0 Å². The monoisotopic (exact) mass is 268 g/mol. The summed E-state index contributed by atoms with van der Waals surface area (Å²) in [5.41, 5.74) is 0. The predicted molar refractivity (Wildman–Crippen MR) is 76.1 cm³/mol. The fourth-order valence-corrected chi connectivity index (χ4v) is 3.50. The van der Waals surface area contributed by atoms with E-state index in [2.05, 4.69) is 16.7 Å². The van der Waals surface area contributed by atoms with E-state index in [1.54, 1.807) is 0 Å². The van der Waals surface area contributed by atoms with Crippen molar-refractivity contribution < 1.29 is 9.53 Å². The molecule has 0 N–H and O–H groups in total. The molecule has 0 bridgehead atoms. The van der Waals surface area contributed by atoms with Gasteiger partial charge in [-0.05, 0) is 26.2 Å². The molecule has 2 rings (SSSR count). The number of hydrogen-bond acceptors (Lipinski definition) is 4. The van der Waals surface area contributed by atoms with Crippen molar-refractivity contribution in [2.24, 2.45) is 0 Å². The first-order valence-corrected chi connectivity index (χ1v) is 7.91. The van der Waals surface area contributed by atoms with E-state index < -0.39 is 0 Å². The standard InChI is InChI=1S/C15H28N2O2/c1-3-14(15(18)19-4-2)17-11-9-16(10-12-17)13-7-5-6-8-13/h13-14H,3-12H2,1-2H3. The summed E-state index contributed by atoms with van der Waals surface area (Å²) in [6.07, 6.45) is 6.38. The molecule has 2 aliphatic rings. The zero-order valence-electron chi connectivity index (χ0n) is 12.4. The summed E-state index contributed by atoms with van der Waals surface area (Å²) in [7, 11) is 0. The fraction of sp³-hybridized carbons (Fsp3) is 0.933. The Bertz CT molecular complexity index is 282. The molecule has 1 aliphatic carbocycles. The molecule has 0 aromatic rings. The molecule has 1 saturated carbocycles. The summed E-state index contributed by atoms with van der Waals surface area (Å²) in [5, 5.41) is 0. The Morgan fingerprint density at radius 3 is 2.32 bits per heavy atom. The molecule has 19 heavy (non-hydrogen) atoms. The zero-order chi connectivity index (χ0) is 13.7. The van der Waals surface area contributed by atoms with Crippen LogP contribution in [-0.2, 0) is 9.53 Å². The lowest BCUT2D eigenvalue weighted by Gasteiger charge is -2.40. The Balaban J connectivity index is 1.82. The van der Waals surface area contributed by atoms with Gasteiger partial charge in [0.1, 0.15) is 6.04 Å². The van der Waals surface area contributed by atoms with Crippen molar-refractivity contribution in [3.05, 3.63) is 0 Å². The minimum absolute atomic E-state index is 0.0364. The average molecular weight is 268 g/mol. The molecule has 0 radical (unpaired) electrons. The summed E-state index contributed by atoms with van der Waals surface area (Å²) in [6.45, 7) is 8.67. The minimum Gasteiger partial charge on any atom is -0.465 e. The van der Waals surface area contributed by atoms with Crippen LogP contribution in [0.1, 0.15) is 46.0 Å². The van der Waals surface area contributed by atoms with Gasteiger partial charge in [0.25, 0.3) is 0 Å². The molecule has 0 spiro atoms. The van der Waals surface area contributed by atoms with E-state index in [1.165, 1.54) is 25.7 Å². The molecular formula is C15H28N2O2. The van der Waals surface area contributed by atoms with Crippen molar-refractivity contribution >= 4 is 5.97 Å². The number of ether oxygens (including phenoxy) is 1. The maximum absolute atomic E-state index is 11.9. The number of piperazine rings is 1. The van der Waals surface area contributed by atoms with Crippen LogP contribution < -0.4 is 0 Å². The predicted octanol–water partition coefficient (Wildman–Crippen LogP) is 1.89. The van der Waals surface area contributed by atoms with Gasteiger partial charge in [0.15, 0.2) is 0 Å². The fourth-order valence-electron chi connectivity index (χ4n) is 3.50. The van der Waals surface area contributed by atoms with Gasteiger partial charge in [0.2, 0.25) is 0 Å². The highest BCUT2D eigenvalue weighted by Crippen LogP contribution is 2.24. The molecule has 4 heteroatoms. The van der Waals surface area contributed by atoms with Gasteiger partial charge < -0.3 is 4.74 Å². The third kappa shape index (κ3) is 3.69. The topological polar surface area (TPSA) is 32.8 Å². The van der Waals surface area contributed by atoms with Crippen molar-refractivity contribution in [3.63, 3.8) is 0 Å². The Morgan fingerprint density at radius 2 is 1.79 bits per heavy atom. The molecule has 4 nitrogen and oxygen atoms in total. The third-order valence-corrected chi connectivity index (χ3v) is 4.58. The molecule has 110 valence electrons. The van der Waals surface area contributed by atoms with Crippen LogP contribution in [0, 0.1) is 0 Å². The van der Waals surface area contributed by atoms with Crippen LogP contribution in [0.2, 0.25) is 0 Å². The molecule has 2 fully saturated rings. The van der Waals surface area contributed by atoms with E-state index in [0.29, 0.717) is 6.61 Å². The smallest absolute Gasteiger partial charge is 0.323 e. The number of carbonyl (C=O) groups is 1. The van der Waals surface area contributed by atoms with E-state index in [0.717, 1.165) is 38.6 Å². The maximum atomic E-state index is 11.9. The summed E-state index contributed by atoms with van der Waals surface area (Å²) in [6, 6.07) is 0.774. The summed E-state index contributed by atoms with van der Waals surface area (Å²) in [4.78, 5) is 16.9. The number of nitrogens with zero attached hydrogens (tertiary/aromatic N) is 2. The molecule has 1 heterocycles. The molecule has 0 aromatic carbocycles. The summed E-state index contributed by atoms with van der Waals surface area (Å²) < 4.78 is 5.18. The number of rotatable bonds is 5. The number of esters is 1. The normalized spacial score (nSPS) is 24.5. The van der Waals surface area contributed by atoms with E-state index >= 15 is 0 Å². The van der Waals surface area contributed by atoms with Crippen molar-refractivity contribution in [2.75, 3.05) is 32.8 Å². The van der Waals surface area contributed by atoms with Crippen molar-refractivity contribution in [2.45, 2.75) is 58.0 Å². The van der Waals surface area contributed by atoms with Gasteiger partial charge in [-0.1, -0.05) is 19.8 Å². The molecule has 0 amide bonds. The van der Waals surface area contributed by atoms with E-state index in [4.69, 9.17) is 4.74 Å². The first kappa shape index (κ1) is 14.8. The van der Waals surface area contributed by atoms with E-state index in [9.17, 15) is 4.79 Å². The van der Waals surface area contributed by atoms with Crippen LogP contribution >= 0.6 is 0 Å². The van der Waals surface area contributed by atoms with Gasteiger partial charge >= 0.3 is 5.97 Å². The van der Waals surface area contributed by atoms with Crippen molar-refractivity contribution in [1.82, 2.24) is 9.80 Å². The largest absolute Gasteiger partial charge is 0.465 e. The molecule has 1 unspecified atom stereocenters. The van der Waals surface area contributed by atoms with Gasteiger partial charge in [0, 0.05) is 32.2 Å². The number of hydrogen-bond donors (Lipinski definition) is 0. The summed E-state index contributed by atoms with van der Waals surface area (Å²) in [5.74, 6) is -0.0423. The van der Waals surface area contributed by atoms with Crippen LogP contribution in [0.15, 0.2) is 0 Å². The lowest BCUT2D eigenvalue weighted by atomic mass is 10.1. The van der Waals surface area contributed by atoms with Crippen LogP contribution in [0.4, 0.5) is 0 Å². The van der Waals surface area contributed by atoms with Crippen molar-refractivity contribution in [3.8, 4) is 0 Å². The molecule has 1 aliphatic heterocycles. The van der Waals surface area contributed by atoms with Gasteiger partial charge in [0.05, 0.1) is 6.61 Å². The second kappa shape index (κ2) is 7.25. The Labute approximate surface area is 117 Å². The van der Waals surface area contributed by atoms with Gasteiger partial charge in [-0.2, -0.15) is 0 Å². The highest BCUT2D eigenvalue weighted by Gasteiger charge is 2.31. The SMILES string of the molecule is CCOC(=O)C(CC)N1CCN(C2CCCC2)CC1. The second-order valence-electron chi connectivity index (χ2n) is 5.69. The Kier molecular flexibility index (Phi) is 5.64. The van der Waals surface area contributed by atoms with Gasteiger partial charge in [-0.25, -0.2) is 0 Å². The summed E-state index contributed by atoms with van der Waals surface area (Å²) >= 11 is 0. The lowest BCUT2D eigenvalue weighted by Crippen LogP contribution is -2.54. The molecule has 1 atom stereocenters. The van der Waals surface area contributed by atoms with E-state index in [1.807, 2.05) is 6.92 Å². The zero-order valence-corrected chi connectivity index (χ0v) is 12.4. The quantitative estimate of drug-likeness (QED) is 0.713. The maximum Gasteiger partial charge on any atom is 0.323 e. The first-order valence-electron chi connectivity index (χ1n) is 7.91. The first-order chi connectivity index (χ1) is 9.26. The van der Waals surface area contributed by atoms with Gasteiger partial charge in [-0.15, -0.1) is 0 Å². The highest BCUT2D eigenvalue weighted by molar-refractivity contribution is 5.75. The molecular weight excluding hydrogens is 240 g/mol. The van der Waals surface area contributed by atoms with Crippen LogP contribution in [0.5, 0.6) is 0 Å². The number of carbonyl (C=O) groups excluding carboxylic acids is 1. The Morgan fingerprint density at radius 1 is 1.16 bits per heavy atom. The average Bonchev–Trinajstić information content (AvgIpc) is 2.95. The minimum atomic E-state index is -0.0423. The third-order valence-electron chi connectivity index (χ3n) is 4.58. The highest BCUT2D eigenvalue weighted by atomic mass is 16.5. The van der Waals surface area contributed by atoms with Crippen LogP contribution in [-0.4, -0.2) is 60.6 Å². The van der Waals surface area contributed by atoms with Crippen LogP contribution in [0.3, 0.4) is 0 Å². The second-order valence-corrected chi connectivity index (χ2v) is 5.69. The molecule has 0 aromatic heterocycles. The van der Waals surface area contributed by atoms with Crippen molar-refractivity contribution in [1.29, 1.82) is 0 Å². The Hall–Kier alpha value is -0.610. The lowest BCUT2D eigenvalue weighted by molar-refractivity contribution is -0.150. The molecule has 1 saturated heterocycles. The van der Waals surface area contributed by atoms with E-state index in [-0.39, 0.29) is 12.0 Å². The van der Waals surface area contributed by atoms with Gasteiger partial charge in [-0.3, -0.25) is 14.6 Å².